The molecule has 2 N–H and O–H groups in total. The summed E-state index contributed by atoms with van der Waals surface area (Å²) >= 11 is 0. The van der Waals surface area contributed by atoms with E-state index in [1.165, 1.54) is 6.07 Å². The first-order chi connectivity index (χ1) is 14.3. The highest BCUT2D eigenvalue weighted by atomic mass is 32.2. The number of hydrogen-bond acceptors (Lipinski definition) is 4. The molecular formula is C23H24N2O4S. The molecule has 6 nitrogen and oxygen atoms in total. The van der Waals surface area contributed by atoms with E-state index in [-0.39, 0.29) is 16.4 Å². The van der Waals surface area contributed by atoms with Gasteiger partial charge in [0.25, 0.3) is 15.9 Å². The number of aryl methyl sites for hydroxylation is 2. The molecule has 156 valence electrons. The zero-order valence-corrected chi connectivity index (χ0v) is 17.7. The quantitative estimate of drug-likeness (QED) is 0.537. The summed E-state index contributed by atoms with van der Waals surface area (Å²) in [6.07, 6.45) is 0. The molecule has 1 amide bonds. The van der Waals surface area contributed by atoms with Gasteiger partial charge in [0.1, 0.15) is 12.4 Å². The predicted molar refractivity (Wildman–Crippen MR) is 117 cm³/mol. The summed E-state index contributed by atoms with van der Waals surface area (Å²) in [5.41, 5.74) is 2.37. The summed E-state index contributed by atoms with van der Waals surface area (Å²) in [7, 11) is -3.82. The lowest BCUT2D eigenvalue weighted by molar-refractivity contribution is 0.0946. The zero-order chi connectivity index (χ0) is 21.6. The summed E-state index contributed by atoms with van der Waals surface area (Å²) in [6, 6.07) is 20.9. The van der Waals surface area contributed by atoms with Gasteiger partial charge in [-0.15, -0.1) is 0 Å². The molecule has 0 saturated heterocycles. The fourth-order valence-electron chi connectivity index (χ4n) is 2.89. The molecule has 0 fully saturated rings. The van der Waals surface area contributed by atoms with Crippen LogP contribution in [-0.2, 0) is 10.0 Å². The van der Waals surface area contributed by atoms with E-state index in [4.69, 9.17) is 4.74 Å². The molecule has 3 rings (SSSR count). The predicted octanol–water partition coefficient (Wildman–Crippen LogP) is 3.91. The molecule has 0 heterocycles. The molecule has 0 radical (unpaired) electrons. The Morgan fingerprint density at radius 1 is 0.933 bits per heavy atom. The van der Waals surface area contributed by atoms with Crippen molar-refractivity contribution >= 4 is 21.6 Å². The molecule has 7 heteroatoms. The van der Waals surface area contributed by atoms with Crippen LogP contribution in [0.1, 0.15) is 21.5 Å². The Bertz CT molecular complexity index is 1130. The molecule has 3 aromatic carbocycles. The van der Waals surface area contributed by atoms with E-state index in [1.807, 2.05) is 31.2 Å². The Hall–Kier alpha value is -3.32. The first kappa shape index (κ1) is 21.4. The minimum Gasteiger partial charge on any atom is -0.492 e. The van der Waals surface area contributed by atoms with Crippen LogP contribution in [0.2, 0.25) is 0 Å². The van der Waals surface area contributed by atoms with E-state index >= 15 is 0 Å². The van der Waals surface area contributed by atoms with Gasteiger partial charge in [0.15, 0.2) is 0 Å². The highest BCUT2D eigenvalue weighted by molar-refractivity contribution is 7.92. The normalized spacial score (nSPS) is 11.0. The Balaban J connectivity index is 1.64. The van der Waals surface area contributed by atoms with Gasteiger partial charge in [-0.1, -0.05) is 36.4 Å². The number of nitrogens with one attached hydrogen (secondary N) is 2. The van der Waals surface area contributed by atoms with Crippen LogP contribution in [0.5, 0.6) is 5.75 Å². The third-order valence-electron chi connectivity index (χ3n) is 4.41. The van der Waals surface area contributed by atoms with Gasteiger partial charge in [0.2, 0.25) is 0 Å². The number of anilines is 1. The van der Waals surface area contributed by atoms with Crippen molar-refractivity contribution in [3.63, 3.8) is 0 Å². The molecule has 30 heavy (non-hydrogen) atoms. The third-order valence-corrected chi connectivity index (χ3v) is 5.94. The van der Waals surface area contributed by atoms with Gasteiger partial charge >= 0.3 is 0 Å². The van der Waals surface area contributed by atoms with Crippen LogP contribution >= 0.6 is 0 Å². The molecule has 0 aliphatic carbocycles. The number of ether oxygens (including phenoxy) is 1. The van der Waals surface area contributed by atoms with E-state index in [0.717, 1.165) is 11.3 Å². The van der Waals surface area contributed by atoms with Crippen molar-refractivity contribution in [3.8, 4) is 5.75 Å². The van der Waals surface area contributed by atoms with E-state index in [9.17, 15) is 13.2 Å². The van der Waals surface area contributed by atoms with Crippen LogP contribution in [0.15, 0.2) is 77.7 Å². The number of para-hydroxylation sites is 1. The van der Waals surface area contributed by atoms with Gasteiger partial charge in [0, 0.05) is 11.3 Å². The zero-order valence-electron chi connectivity index (χ0n) is 16.9. The van der Waals surface area contributed by atoms with Crippen LogP contribution in [0.4, 0.5) is 5.69 Å². The van der Waals surface area contributed by atoms with Gasteiger partial charge < -0.3 is 10.1 Å². The highest BCUT2D eigenvalue weighted by Crippen LogP contribution is 2.21. The first-order valence-corrected chi connectivity index (χ1v) is 11.0. The fourth-order valence-corrected chi connectivity index (χ4v) is 4.22. The van der Waals surface area contributed by atoms with Gasteiger partial charge in [0.05, 0.1) is 11.4 Å². The maximum Gasteiger partial charge on any atom is 0.262 e. The standard InChI is InChI=1S/C23H24N2O4S/c1-17-7-6-10-21(15-17)29-14-13-24-23(26)19-12-11-18(2)22(16-19)30(27,28)25-20-8-4-3-5-9-20/h3-12,15-16,25H,13-14H2,1-2H3,(H,24,26). The number of carbonyl (C=O) groups excluding carboxylic acids is 1. The largest absolute Gasteiger partial charge is 0.492 e. The van der Waals surface area contributed by atoms with Crippen molar-refractivity contribution in [3.05, 3.63) is 89.5 Å². The summed E-state index contributed by atoms with van der Waals surface area (Å²) in [4.78, 5) is 12.5. The lowest BCUT2D eigenvalue weighted by Crippen LogP contribution is -2.28. The van der Waals surface area contributed by atoms with Crippen molar-refractivity contribution in [2.45, 2.75) is 18.7 Å². The summed E-state index contributed by atoms with van der Waals surface area (Å²) in [5, 5.41) is 2.75. The van der Waals surface area contributed by atoms with Crippen LogP contribution in [0.25, 0.3) is 0 Å². The van der Waals surface area contributed by atoms with Gasteiger partial charge in [-0.25, -0.2) is 8.42 Å². The average molecular weight is 425 g/mol. The number of amides is 1. The maximum atomic E-state index is 12.8. The maximum absolute atomic E-state index is 12.8. The topological polar surface area (TPSA) is 84.5 Å². The van der Waals surface area contributed by atoms with Gasteiger partial charge in [-0.3, -0.25) is 9.52 Å². The first-order valence-electron chi connectivity index (χ1n) is 9.51. The Morgan fingerprint density at radius 3 is 2.43 bits per heavy atom. The molecule has 0 atom stereocenters. The molecule has 0 unspecified atom stereocenters. The minimum absolute atomic E-state index is 0.0648. The van der Waals surface area contributed by atoms with Gasteiger partial charge in [-0.05, 0) is 61.4 Å². The molecule has 0 saturated carbocycles. The lowest BCUT2D eigenvalue weighted by Gasteiger charge is -2.12. The number of carbonyl (C=O) groups is 1. The summed E-state index contributed by atoms with van der Waals surface area (Å²) < 4.78 is 33.7. The Labute approximate surface area is 177 Å². The number of benzene rings is 3. The van der Waals surface area contributed by atoms with E-state index < -0.39 is 10.0 Å². The second-order valence-corrected chi connectivity index (χ2v) is 8.52. The molecule has 0 bridgehead atoms. The summed E-state index contributed by atoms with van der Waals surface area (Å²) in [5.74, 6) is 0.374. The molecule has 0 aromatic heterocycles. The number of rotatable bonds is 8. The van der Waals surface area contributed by atoms with Crippen LogP contribution in [0, 0.1) is 13.8 Å². The average Bonchev–Trinajstić information content (AvgIpc) is 2.72. The smallest absolute Gasteiger partial charge is 0.262 e. The molecule has 3 aromatic rings. The van der Waals surface area contributed by atoms with Crippen molar-refractivity contribution in [1.82, 2.24) is 5.32 Å². The van der Waals surface area contributed by atoms with Crippen molar-refractivity contribution in [1.29, 1.82) is 0 Å². The lowest BCUT2D eigenvalue weighted by atomic mass is 10.1. The van der Waals surface area contributed by atoms with Crippen LogP contribution in [-0.4, -0.2) is 27.5 Å². The monoisotopic (exact) mass is 424 g/mol. The van der Waals surface area contributed by atoms with E-state index in [2.05, 4.69) is 10.0 Å². The van der Waals surface area contributed by atoms with Crippen LogP contribution < -0.4 is 14.8 Å². The number of sulfonamides is 1. The van der Waals surface area contributed by atoms with Crippen LogP contribution in [0.3, 0.4) is 0 Å². The molecule has 0 spiro atoms. The van der Waals surface area contributed by atoms with E-state index in [1.54, 1.807) is 49.4 Å². The van der Waals surface area contributed by atoms with E-state index in [0.29, 0.717) is 24.4 Å². The molecular weight excluding hydrogens is 400 g/mol. The van der Waals surface area contributed by atoms with Crippen molar-refractivity contribution in [2.75, 3.05) is 17.9 Å². The fraction of sp³-hybridized carbons (Fsp3) is 0.174. The minimum atomic E-state index is -3.82. The highest BCUT2D eigenvalue weighted by Gasteiger charge is 2.19. The SMILES string of the molecule is Cc1cccc(OCCNC(=O)c2ccc(C)c(S(=O)(=O)Nc3ccccc3)c2)c1. The third kappa shape index (κ3) is 5.61. The van der Waals surface area contributed by atoms with Gasteiger partial charge in [-0.2, -0.15) is 0 Å². The molecule has 0 aliphatic rings. The summed E-state index contributed by atoms with van der Waals surface area (Å²) in [6.45, 7) is 4.27. The van der Waals surface area contributed by atoms with Crippen molar-refractivity contribution < 1.29 is 17.9 Å². The number of hydrogen-bond donors (Lipinski definition) is 2. The Kier molecular flexibility index (Phi) is 6.74. The second kappa shape index (κ2) is 9.45. The second-order valence-electron chi connectivity index (χ2n) is 6.87. The Morgan fingerprint density at radius 2 is 1.70 bits per heavy atom. The van der Waals surface area contributed by atoms with Crippen molar-refractivity contribution in [2.24, 2.45) is 0 Å². The molecule has 0 aliphatic heterocycles.